The van der Waals surface area contributed by atoms with E-state index in [1.54, 1.807) is 0 Å². The monoisotopic (exact) mass is 233 g/mol. The van der Waals surface area contributed by atoms with Crippen LogP contribution in [0.5, 0.6) is 0 Å². The lowest BCUT2D eigenvalue weighted by atomic mass is 9.79. The van der Waals surface area contributed by atoms with E-state index in [1.165, 1.54) is 17.5 Å². The van der Waals surface area contributed by atoms with E-state index in [-0.39, 0.29) is 12.1 Å². The van der Waals surface area contributed by atoms with Gasteiger partial charge in [0.05, 0.1) is 12.1 Å². The molecule has 0 bridgehead atoms. The van der Waals surface area contributed by atoms with E-state index in [9.17, 15) is 0 Å². The van der Waals surface area contributed by atoms with E-state index in [4.69, 9.17) is 10.5 Å². The van der Waals surface area contributed by atoms with Crippen LogP contribution >= 0.6 is 0 Å². The van der Waals surface area contributed by atoms with E-state index >= 15 is 0 Å². The highest BCUT2D eigenvalue weighted by Crippen LogP contribution is 2.37. The van der Waals surface area contributed by atoms with Gasteiger partial charge in [-0.3, -0.25) is 0 Å². The normalized spacial score (nSPS) is 27.8. The second kappa shape index (κ2) is 5.65. The van der Waals surface area contributed by atoms with Crippen molar-refractivity contribution in [3.05, 3.63) is 35.4 Å². The van der Waals surface area contributed by atoms with Crippen molar-refractivity contribution in [3.63, 3.8) is 0 Å². The fourth-order valence-electron chi connectivity index (χ4n) is 2.64. The summed E-state index contributed by atoms with van der Waals surface area (Å²) in [6, 6.07) is 8.55. The zero-order chi connectivity index (χ0) is 12.3. The van der Waals surface area contributed by atoms with Crippen molar-refractivity contribution in [2.24, 2.45) is 5.73 Å². The van der Waals surface area contributed by atoms with Crippen LogP contribution in [0.2, 0.25) is 0 Å². The van der Waals surface area contributed by atoms with Gasteiger partial charge in [-0.2, -0.15) is 0 Å². The Labute approximate surface area is 104 Å². The minimum atomic E-state index is 0.0410. The summed E-state index contributed by atoms with van der Waals surface area (Å²) < 4.78 is 5.94. The average molecular weight is 233 g/mol. The molecule has 0 aromatic heterocycles. The smallest absolute Gasteiger partial charge is 0.0773 e. The quantitative estimate of drug-likeness (QED) is 0.809. The van der Waals surface area contributed by atoms with Crippen LogP contribution in [-0.4, -0.2) is 12.7 Å². The molecule has 1 aromatic carbocycles. The molecule has 1 aliphatic rings. The van der Waals surface area contributed by atoms with E-state index in [0.717, 1.165) is 19.4 Å². The number of unbranched alkanes of at least 4 members (excludes halogenated alkanes) is 1. The number of nitrogens with two attached hydrogens (primary N) is 1. The summed E-state index contributed by atoms with van der Waals surface area (Å²) >= 11 is 0. The first kappa shape index (κ1) is 12.6. The molecule has 1 aromatic rings. The molecule has 0 heterocycles. The van der Waals surface area contributed by atoms with Crippen LogP contribution in [0, 0.1) is 0 Å². The second-order valence-electron chi connectivity index (χ2n) is 5.05. The van der Waals surface area contributed by atoms with E-state index in [2.05, 4.69) is 38.1 Å². The molecular weight excluding hydrogens is 210 g/mol. The third-order valence-corrected chi connectivity index (χ3v) is 3.70. The molecule has 0 aliphatic heterocycles. The van der Waals surface area contributed by atoms with Crippen LogP contribution in [-0.2, 0) is 4.74 Å². The largest absolute Gasteiger partial charge is 0.376 e. The first-order valence-electron chi connectivity index (χ1n) is 6.70. The molecular formula is C15H23NO. The molecule has 2 N–H and O–H groups in total. The molecule has 94 valence electrons. The number of fused-ring (bicyclic) bond motifs is 1. The maximum Gasteiger partial charge on any atom is 0.0773 e. The Bertz CT molecular complexity index is 364. The third-order valence-electron chi connectivity index (χ3n) is 3.70. The first-order chi connectivity index (χ1) is 8.24. The highest BCUT2D eigenvalue weighted by Gasteiger charge is 2.30. The van der Waals surface area contributed by atoms with Crippen LogP contribution < -0.4 is 5.73 Å². The number of benzene rings is 1. The summed E-state index contributed by atoms with van der Waals surface area (Å²) in [6.45, 7) is 5.28. The molecule has 17 heavy (non-hydrogen) atoms. The van der Waals surface area contributed by atoms with Crippen molar-refractivity contribution in [2.75, 3.05) is 6.61 Å². The van der Waals surface area contributed by atoms with Crippen LogP contribution in [0.15, 0.2) is 24.3 Å². The summed E-state index contributed by atoms with van der Waals surface area (Å²) in [7, 11) is 0. The molecule has 0 radical (unpaired) electrons. The number of hydrogen-bond acceptors (Lipinski definition) is 2. The number of rotatable bonds is 4. The zero-order valence-corrected chi connectivity index (χ0v) is 10.9. The number of ether oxygens (including phenoxy) is 1. The maximum atomic E-state index is 6.31. The van der Waals surface area contributed by atoms with Gasteiger partial charge in [0.1, 0.15) is 0 Å². The highest BCUT2D eigenvalue weighted by molar-refractivity contribution is 5.35. The first-order valence-corrected chi connectivity index (χ1v) is 6.70. The Hall–Kier alpha value is -0.860. The predicted molar refractivity (Wildman–Crippen MR) is 71.1 cm³/mol. The molecule has 2 heteroatoms. The minimum Gasteiger partial charge on any atom is -0.376 e. The molecule has 2 rings (SSSR count). The predicted octanol–water partition coefficient (Wildman–Crippen LogP) is 3.38. The maximum absolute atomic E-state index is 6.31. The van der Waals surface area contributed by atoms with Crippen LogP contribution in [0.1, 0.15) is 56.2 Å². The van der Waals surface area contributed by atoms with E-state index < -0.39 is 0 Å². The zero-order valence-electron chi connectivity index (χ0n) is 10.9. The lowest BCUT2D eigenvalue weighted by molar-refractivity contribution is 0.0188. The van der Waals surface area contributed by atoms with Crippen molar-refractivity contribution >= 4 is 0 Å². The Balaban J connectivity index is 2.09. The van der Waals surface area contributed by atoms with Crippen molar-refractivity contribution in [1.82, 2.24) is 0 Å². The van der Waals surface area contributed by atoms with Gasteiger partial charge in [0.25, 0.3) is 0 Å². The molecule has 1 aliphatic carbocycles. The van der Waals surface area contributed by atoms with Gasteiger partial charge in [-0.1, -0.05) is 44.5 Å². The molecule has 2 nitrogen and oxygen atoms in total. The van der Waals surface area contributed by atoms with Gasteiger partial charge < -0.3 is 10.5 Å². The summed E-state index contributed by atoms with van der Waals surface area (Å²) in [5, 5.41) is 0. The van der Waals surface area contributed by atoms with Gasteiger partial charge in [-0.25, -0.2) is 0 Å². The van der Waals surface area contributed by atoms with Crippen molar-refractivity contribution in [2.45, 2.75) is 51.2 Å². The fraction of sp³-hybridized carbons (Fsp3) is 0.600. The molecule has 0 spiro atoms. The second-order valence-corrected chi connectivity index (χ2v) is 5.05. The number of hydrogen-bond donors (Lipinski definition) is 1. The standard InChI is InChI=1S/C15H23NO/c1-3-4-9-17-14-10-11(2)12-7-5-6-8-13(12)15(14)16/h5-8,11,14-15H,3-4,9-10,16H2,1-2H3. The lowest BCUT2D eigenvalue weighted by Gasteiger charge is -2.34. The summed E-state index contributed by atoms with van der Waals surface area (Å²) in [5.41, 5.74) is 8.98. The summed E-state index contributed by atoms with van der Waals surface area (Å²) in [6.07, 6.45) is 3.53. The van der Waals surface area contributed by atoms with Crippen molar-refractivity contribution < 1.29 is 4.74 Å². The molecule has 3 atom stereocenters. The molecule has 0 fully saturated rings. The van der Waals surface area contributed by atoms with Crippen LogP contribution in [0.4, 0.5) is 0 Å². The Morgan fingerprint density at radius 2 is 2.00 bits per heavy atom. The van der Waals surface area contributed by atoms with Crippen molar-refractivity contribution in [1.29, 1.82) is 0 Å². The Morgan fingerprint density at radius 1 is 1.29 bits per heavy atom. The van der Waals surface area contributed by atoms with E-state index in [0.29, 0.717) is 5.92 Å². The van der Waals surface area contributed by atoms with Gasteiger partial charge in [0, 0.05) is 6.61 Å². The minimum absolute atomic E-state index is 0.0410. The average Bonchev–Trinajstić information content (AvgIpc) is 2.36. The Morgan fingerprint density at radius 3 is 2.71 bits per heavy atom. The molecule has 0 amide bonds. The molecule has 0 saturated carbocycles. The molecule has 3 unspecified atom stereocenters. The highest BCUT2D eigenvalue weighted by atomic mass is 16.5. The van der Waals surface area contributed by atoms with Crippen LogP contribution in [0.3, 0.4) is 0 Å². The summed E-state index contributed by atoms with van der Waals surface area (Å²) in [4.78, 5) is 0. The topological polar surface area (TPSA) is 35.2 Å². The summed E-state index contributed by atoms with van der Waals surface area (Å²) in [5.74, 6) is 0.553. The van der Waals surface area contributed by atoms with Gasteiger partial charge in [-0.05, 0) is 29.9 Å². The SMILES string of the molecule is CCCCOC1CC(C)c2ccccc2C1N. The molecule has 0 saturated heterocycles. The third kappa shape index (κ3) is 2.70. The van der Waals surface area contributed by atoms with Gasteiger partial charge in [0.15, 0.2) is 0 Å². The van der Waals surface area contributed by atoms with Gasteiger partial charge >= 0.3 is 0 Å². The van der Waals surface area contributed by atoms with Crippen molar-refractivity contribution in [3.8, 4) is 0 Å². The fourth-order valence-corrected chi connectivity index (χ4v) is 2.64. The van der Waals surface area contributed by atoms with E-state index in [1.807, 2.05) is 0 Å². The van der Waals surface area contributed by atoms with Crippen LogP contribution in [0.25, 0.3) is 0 Å². The van der Waals surface area contributed by atoms with Gasteiger partial charge in [-0.15, -0.1) is 0 Å². The Kier molecular flexibility index (Phi) is 4.19. The lowest BCUT2D eigenvalue weighted by Crippen LogP contribution is -2.35. The van der Waals surface area contributed by atoms with Gasteiger partial charge in [0.2, 0.25) is 0 Å².